The van der Waals surface area contributed by atoms with E-state index in [1.807, 2.05) is 24.3 Å². The molecule has 0 heterocycles. The molecule has 0 aliphatic carbocycles. The van der Waals surface area contributed by atoms with E-state index in [2.05, 4.69) is 10.6 Å². The number of carbonyl (C=O) groups excluding carboxylic acids is 1. The van der Waals surface area contributed by atoms with E-state index in [0.717, 1.165) is 17.0 Å². The molecule has 2 aromatic carbocycles. The van der Waals surface area contributed by atoms with Crippen LogP contribution in [0.25, 0.3) is 0 Å². The Morgan fingerprint density at radius 2 is 2.00 bits per heavy atom. The molecule has 0 aliphatic rings. The van der Waals surface area contributed by atoms with E-state index < -0.39 is 6.03 Å². The van der Waals surface area contributed by atoms with E-state index in [0.29, 0.717) is 17.3 Å². The number of amides is 2. The Kier molecular flexibility index (Phi) is 4.90. The number of benzene rings is 2. The van der Waals surface area contributed by atoms with Crippen LogP contribution in [-0.4, -0.2) is 13.1 Å². The Morgan fingerprint density at radius 1 is 1.24 bits per heavy atom. The monoisotopic (exact) mass is 305 g/mol. The standard InChI is InChI=1S/C15H16ClN3O2/c1-21-14-6-5-11(16)7-10(14)9-18-12-3-2-4-13(8-12)19-15(17)20/h2-8,18H,9H2,1H3,(H3,17,19,20). The fourth-order valence-corrected chi connectivity index (χ4v) is 2.13. The molecule has 0 aliphatic heterocycles. The van der Waals surface area contributed by atoms with E-state index in [-0.39, 0.29) is 0 Å². The molecule has 2 aromatic rings. The predicted molar refractivity (Wildman–Crippen MR) is 85.0 cm³/mol. The summed E-state index contributed by atoms with van der Waals surface area (Å²) < 4.78 is 5.29. The van der Waals surface area contributed by atoms with Crippen LogP contribution in [0.3, 0.4) is 0 Å². The lowest BCUT2D eigenvalue weighted by Gasteiger charge is -2.12. The average Bonchev–Trinajstić information content (AvgIpc) is 2.45. The number of hydrogen-bond acceptors (Lipinski definition) is 3. The summed E-state index contributed by atoms with van der Waals surface area (Å²) in [5.74, 6) is 0.762. The van der Waals surface area contributed by atoms with Crippen molar-refractivity contribution in [2.45, 2.75) is 6.54 Å². The number of anilines is 2. The number of nitrogens with two attached hydrogens (primary N) is 1. The van der Waals surface area contributed by atoms with Crippen LogP contribution >= 0.6 is 11.6 Å². The van der Waals surface area contributed by atoms with Gasteiger partial charge in [-0.05, 0) is 36.4 Å². The minimum atomic E-state index is -0.594. The summed E-state index contributed by atoms with van der Waals surface area (Å²) in [6.45, 7) is 0.545. The molecule has 2 rings (SSSR count). The summed E-state index contributed by atoms with van der Waals surface area (Å²) in [6, 6.07) is 12.1. The van der Waals surface area contributed by atoms with Crippen molar-refractivity contribution >= 4 is 29.0 Å². The third kappa shape index (κ3) is 4.29. The Bertz CT molecular complexity index is 647. The van der Waals surface area contributed by atoms with Crippen molar-refractivity contribution in [3.8, 4) is 5.75 Å². The summed E-state index contributed by atoms with van der Waals surface area (Å²) in [7, 11) is 1.62. The molecule has 6 heteroatoms. The summed E-state index contributed by atoms with van der Waals surface area (Å²) in [4.78, 5) is 10.8. The molecule has 0 fully saturated rings. The fourth-order valence-electron chi connectivity index (χ4n) is 1.93. The molecular weight excluding hydrogens is 290 g/mol. The lowest BCUT2D eigenvalue weighted by Crippen LogP contribution is -2.19. The SMILES string of the molecule is COc1ccc(Cl)cc1CNc1cccc(NC(N)=O)c1. The van der Waals surface area contributed by atoms with Crippen LogP contribution in [0.4, 0.5) is 16.2 Å². The summed E-state index contributed by atoms with van der Waals surface area (Å²) in [5, 5.41) is 6.42. The van der Waals surface area contributed by atoms with Gasteiger partial charge in [-0.15, -0.1) is 0 Å². The Morgan fingerprint density at radius 3 is 2.71 bits per heavy atom. The molecule has 5 nitrogen and oxygen atoms in total. The quantitative estimate of drug-likeness (QED) is 0.792. The van der Waals surface area contributed by atoms with Crippen LogP contribution in [0.1, 0.15) is 5.56 Å². The molecule has 110 valence electrons. The minimum absolute atomic E-state index is 0.545. The minimum Gasteiger partial charge on any atom is -0.496 e. The van der Waals surface area contributed by atoms with Crippen molar-refractivity contribution in [3.63, 3.8) is 0 Å². The second kappa shape index (κ2) is 6.85. The van der Waals surface area contributed by atoms with Crippen LogP contribution in [0.2, 0.25) is 5.02 Å². The van der Waals surface area contributed by atoms with Gasteiger partial charge in [0.15, 0.2) is 0 Å². The third-order valence-electron chi connectivity index (χ3n) is 2.86. The van der Waals surface area contributed by atoms with E-state index in [9.17, 15) is 4.79 Å². The number of rotatable bonds is 5. The Hall–Kier alpha value is -2.40. The molecule has 21 heavy (non-hydrogen) atoms. The molecule has 4 N–H and O–H groups in total. The highest BCUT2D eigenvalue weighted by molar-refractivity contribution is 6.30. The van der Waals surface area contributed by atoms with Crippen LogP contribution < -0.4 is 21.1 Å². The number of halogens is 1. The van der Waals surface area contributed by atoms with Gasteiger partial charge in [-0.2, -0.15) is 0 Å². The van der Waals surface area contributed by atoms with Crippen molar-refractivity contribution in [2.75, 3.05) is 17.7 Å². The van der Waals surface area contributed by atoms with Gasteiger partial charge in [0, 0.05) is 28.5 Å². The number of methoxy groups -OCH3 is 1. The largest absolute Gasteiger partial charge is 0.496 e. The van der Waals surface area contributed by atoms with Gasteiger partial charge >= 0.3 is 6.03 Å². The van der Waals surface area contributed by atoms with Crippen molar-refractivity contribution in [1.82, 2.24) is 0 Å². The first-order valence-corrected chi connectivity index (χ1v) is 6.69. The lowest BCUT2D eigenvalue weighted by molar-refractivity contribution is 0.259. The number of hydrogen-bond donors (Lipinski definition) is 3. The van der Waals surface area contributed by atoms with E-state index in [4.69, 9.17) is 22.1 Å². The highest BCUT2D eigenvalue weighted by Crippen LogP contribution is 2.24. The van der Waals surface area contributed by atoms with Crippen LogP contribution in [0.5, 0.6) is 5.75 Å². The predicted octanol–water partition coefficient (Wildman–Crippen LogP) is 3.45. The molecule has 0 unspecified atom stereocenters. The maximum Gasteiger partial charge on any atom is 0.316 e. The number of carbonyl (C=O) groups is 1. The third-order valence-corrected chi connectivity index (χ3v) is 3.09. The molecule has 0 atom stereocenters. The molecule has 2 amide bonds. The highest BCUT2D eigenvalue weighted by Gasteiger charge is 2.04. The van der Waals surface area contributed by atoms with Gasteiger partial charge in [-0.1, -0.05) is 17.7 Å². The first-order chi connectivity index (χ1) is 10.1. The smallest absolute Gasteiger partial charge is 0.316 e. The van der Waals surface area contributed by atoms with E-state index >= 15 is 0 Å². The van der Waals surface area contributed by atoms with Crippen molar-refractivity contribution in [2.24, 2.45) is 5.73 Å². The van der Waals surface area contributed by atoms with Gasteiger partial charge in [-0.3, -0.25) is 0 Å². The van der Waals surface area contributed by atoms with Gasteiger partial charge in [-0.25, -0.2) is 4.79 Å². The molecular formula is C15H16ClN3O2. The molecule has 0 bridgehead atoms. The summed E-state index contributed by atoms with van der Waals surface area (Å²) >= 11 is 5.99. The van der Waals surface area contributed by atoms with Crippen LogP contribution in [0, 0.1) is 0 Å². The maximum absolute atomic E-state index is 10.8. The van der Waals surface area contributed by atoms with Crippen molar-refractivity contribution in [1.29, 1.82) is 0 Å². The molecule has 0 saturated carbocycles. The fraction of sp³-hybridized carbons (Fsp3) is 0.133. The van der Waals surface area contributed by atoms with Gasteiger partial charge in [0.05, 0.1) is 7.11 Å². The maximum atomic E-state index is 10.8. The molecule has 0 aromatic heterocycles. The second-order valence-corrected chi connectivity index (χ2v) is 4.82. The normalized spacial score (nSPS) is 10.0. The lowest BCUT2D eigenvalue weighted by atomic mass is 10.2. The van der Waals surface area contributed by atoms with Gasteiger partial charge in [0.25, 0.3) is 0 Å². The number of primary amides is 1. The zero-order valence-corrected chi connectivity index (χ0v) is 12.3. The molecule has 0 saturated heterocycles. The highest BCUT2D eigenvalue weighted by atomic mass is 35.5. The number of urea groups is 1. The second-order valence-electron chi connectivity index (χ2n) is 4.38. The van der Waals surface area contributed by atoms with Crippen molar-refractivity contribution in [3.05, 3.63) is 53.1 Å². The topological polar surface area (TPSA) is 76.4 Å². The summed E-state index contributed by atoms with van der Waals surface area (Å²) in [5.41, 5.74) is 7.52. The zero-order chi connectivity index (χ0) is 15.2. The van der Waals surface area contributed by atoms with E-state index in [1.54, 1.807) is 25.3 Å². The average molecular weight is 306 g/mol. The van der Waals surface area contributed by atoms with E-state index in [1.165, 1.54) is 0 Å². The Labute approximate surface area is 128 Å². The molecule has 0 spiro atoms. The first-order valence-electron chi connectivity index (χ1n) is 6.31. The van der Waals surface area contributed by atoms with Crippen molar-refractivity contribution < 1.29 is 9.53 Å². The zero-order valence-electron chi connectivity index (χ0n) is 11.5. The first kappa shape index (κ1) is 15.0. The molecule has 0 radical (unpaired) electrons. The number of ether oxygens (including phenoxy) is 1. The summed E-state index contributed by atoms with van der Waals surface area (Å²) in [6.07, 6.45) is 0. The van der Waals surface area contributed by atoms with Crippen LogP contribution in [-0.2, 0) is 6.54 Å². The van der Waals surface area contributed by atoms with Crippen LogP contribution in [0.15, 0.2) is 42.5 Å². The number of nitrogens with one attached hydrogen (secondary N) is 2. The van der Waals surface area contributed by atoms with Gasteiger partial charge < -0.3 is 21.1 Å². The van der Waals surface area contributed by atoms with Gasteiger partial charge in [0.1, 0.15) is 5.75 Å². The van der Waals surface area contributed by atoms with Gasteiger partial charge in [0.2, 0.25) is 0 Å². The Balaban J connectivity index is 2.09.